The maximum Gasteiger partial charge on any atom is 0.248 e. The van der Waals surface area contributed by atoms with E-state index in [1.54, 1.807) is 43.7 Å². The van der Waals surface area contributed by atoms with Crippen molar-refractivity contribution in [3.63, 3.8) is 0 Å². The third-order valence-corrected chi connectivity index (χ3v) is 3.92. The van der Waals surface area contributed by atoms with Gasteiger partial charge in [0.2, 0.25) is 5.91 Å². The highest BCUT2D eigenvalue weighted by atomic mass is 16.5. The predicted octanol–water partition coefficient (Wildman–Crippen LogP) is 3.85. The minimum absolute atomic E-state index is 0.379. The van der Waals surface area contributed by atoms with Gasteiger partial charge in [0.25, 0.3) is 0 Å². The van der Waals surface area contributed by atoms with E-state index in [2.05, 4.69) is 0 Å². The molecule has 0 atom stereocenters. The topological polar surface area (TPSA) is 112 Å². The monoisotopic (exact) mass is 364 g/mol. The van der Waals surface area contributed by atoms with E-state index in [1.165, 1.54) is 13.4 Å². The Balaban J connectivity index is 0.000000156. The molecule has 0 spiro atoms. The van der Waals surface area contributed by atoms with Crippen molar-refractivity contribution < 1.29 is 23.1 Å². The molecule has 2 heterocycles. The number of nitrogens with two attached hydrogens (primary N) is 1. The molecule has 7 nitrogen and oxygen atoms in total. The quantitative estimate of drug-likeness (QED) is 0.591. The van der Waals surface area contributed by atoms with Crippen molar-refractivity contribution >= 4 is 27.8 Å². The number of hydrogen-bond donors (Lipinski definition) is 1. The number of fused-ring (bicyclic) bond motifs is 2. The number of nitrogens with zero attached hydrogens (tertiary/aromatic N) is 1. The highest BCUT2D eigenvalue weighted by molar-refractivity contribution is 5.98. The molecule has 1 amide bonds. The average molecular weight is 364 g/mol. The lowest BCUT2D eigenvalue weighted by Gasteiger charge is -2.02. The molecular weight excluding hydrogens is 348 g/mol. The fraction of sp³-hybridized carbons (Fsp3) is 0.100. The predicted molar refractivity (Wildman–Crippen MR) is 98.8 cm³/mol. The summed E-state index contributed by atoms with van der Waals surface area (Å²) in [5, 5.41) is 10.4. The van der Waals surface area contributed by atoms with E-state index in [-0.39, 0.29) is 0 Å². The van der Waals surface area contributed by atoms with E-state index in [4.69, 9.17) is 29.3 Å². The summed E-state index contributed by atoms with van der Waals surface area (Å²) in [4.78, 5) is 11.0. The first kappa shape index (κ1) is 17.9. The summed E-state index contributed by atoms with van der Waals surface area (Å²) in [6, 6.07) is 12.2. The van der Waals surface area contributed by atoms with Crippen molar-refractivity contribution in [1.82, 2.24) is 0 Å². The standard InChI is InChI=1S/C10H9NO3.C10H7NO2/c1-13-8-4-6(10(11)12)5-9-7(8)2-3-14-9;1-12-9-4-7(6-11)5-10-8(9)2-3-13-10/h2-5H,1H3,(H2,11,12);2-5H,1H3. The SMILES string of the molecule is COc1cc(C#N)cc2occc12.COc1cc(C(N)=O)cc2occc12. The zero-order valence-corrected chi connectivity index (χ0v) is 14.7. The second kappa shape index (κ2) is 7.54. The summed E-state index contributed by atoms with van der Waals surface area (Å²) >= 11 is 0. The maximum absolute atomic E-state index is 11.0. The number of methoxy groups -OCH3 is 2. The lowest BCUT2D eigenvalue weighted by Crippen LogP contribution is -2.10. The molecule has 136 valence electrons. The second-order valence-corrected chi connectivity index (χ2v) is 5.50. The van der Waals surface area contributed by atoms with E-state index in [0.29, 0.717) is 33.8 Å². The van der Waals surface area contributed by atoms with Gasteiger partial charge in [0.15, 0.2) is 0 Å². The molecule has 0 bridgehead atoms. The van der Waals surface area contributed by atoms with Gasteiger partial charge in [-0.25, -0.2) is 0 Å². The van der Waals surface area contributed by atoms with Crippen LogP contribution in [0.2, 0.25) is 0 Å². The maximum atomic E-state index is 11.0. The first-order chi connectivity index (χ1) is 13.1. The number of hydrogen-bond acceptors (Lipinski definition) is 6. The first-order valence-corrected chi connectivity index (χ1v) is 7.87. The van der Waals surface area contributed by atoms with Gasteiger partial charge < -0.3 is 24.0 Å². The smallest absolute Gasteiger partial charge is 0.248 e. The number of nitriles is 1. The molecule has 0 unspecified atom stereocenters. The van der Waals surface area contributed by atoms with Gasteiger partial charge in [-0.15, -0.1) is 0 Å². The van der Waals surface area contributed by atoms with Crippen LogP contribution in [0.25, 0.3) is 21.9 Å². The molecule has 0 aliphatic carbocycles. The summed E-state index contributed by atoms with van der Waals surface area (Å²) in [6.07, 6.45) is 3.12. The Morgan fingerprint density at radius 2 is 1.52 bits per heavy atom. The number of amides is 1. The Kier molecular flexibility index (Phi) is 4.99. The van der Waals surface area contributed by atoms with Crippen LogP contribution < -0.4 is 15.2 Å². The minimum atomic E-state index is -0.499. The van der Waals surface area contributed by atoms with Crippen molar-refractivity contribution in [3.8, 4) is 17.6 Å². The Hall–Kier alpha value is -3.92. The third kappa shape index (κ3) is 3.55. The highest BCUT2D eigenvalue weighted by Gasteiger charge is 2.09. The van der Waals surface area contributed by atoms with E-state index in [1.807, 2.05) is 12.1 Å². The van der Waals surface area contributed by atoms with E-state index in [0.717, 1.165) is 10.8 Å². The summed E-state index contributed by atoms with van der Waals surface area (Å²) in [7, 11) is 3.11. The number of furan rings is 2. The van der Waals surface area contributed by atoms with Crippen LogP contribution in [0.5, 0.6) is 11.5 Å². The summed E-state index contributed by atoms with van der Waals surface area (Å²) < 4.78 is 20.6. The van der Waals surface area contributed by atoms with Gasteiger partial charge in [-0.05, 0) is 36.4 Å². The fourth-order valence-corrected chi connectivity index (χ4v) is 2.62. The molecule has 0 saturated heterocycles. The number of carbonyl (C=O) groups excluding carboxylic acids is 1. The Morgan fingerprint density at radius 3 is 2.04 bits per heavy atom. The van der Waals surface area contributed by atoms with Crippen molar-refractivity contribution in [2.24, 2.45) is 5.73 Å². The molecule has 4 rings (SSSR count). The molecule has 0 saturated carbocycles. The van der Waals surface area contributed by atoms with E-state index < -0.39 is 5.91 Å². The zero-order valence-electron chi connectivity index (χ0n) is 14.7. The molecular formula is C20H16N2O5. The Bertz CT molecular complexity index is 1150. The van der Waals surface area contributed by atoms with Crippen molar-refractivity contribution in [1.29, 1.82) is 5.26 Å². The summed E-state index contributed by atoms with van der Waals surface area (Å²) in [5.74, 6) is 0.759. The first-order valence-electron chi connectivity index (χ1n) is 7.87. The summed E-state index contributed by atoms with van der Waals surface area (Å²) in [5.41, 5.74) is 7.35. The van der Waals surface area contributed by atoms with Crippen LogP contribution in [0.15, 0.2) is 57.8 Å². The van der Waals surface area contributed by atoms with Crippen molar-refractivity contribution in [2.75, 3.05) is 14.2 Å². The van der Waals surface area contributed by atoms with Gasteiger partial charge in [-0.1, -0.05) is 0 Å². The number of ether oxygens (including phenoxy) is 2. The van der Waals surface area contributed by atoms with Crippen LogP contribution >= 0.6 is 0 Å². The van der Waals surface area contributed by atoms with Crippen molar-refractivity contribution in [3.05, 3.63) is 60.1 Å². The van der Waals surface area contributed by atoms with Crippen LogP contribution in [-0.2, 0) is 0 Å². The van der Waals surface area contributed by atoms with Gasteiger partial charge in [-0.3, -0.25) is 4.79 Å². The Labute approximate surface area is 154 Å². The van der Waals surface area contributed by atoms with Gasteiger partial charge >= 0.3 is 0 Å². The van der Waals surface area contributed by atoms with Crippen LogP contribution in [0.3, 0.4) is 0 Å². The number of benzene rings is 2. The molecule has 0 fully saturated rings. The van der Waals surface area contributed by atoms with Gasteiger partial charge in [0.05, 0.1) is 49.2 Å². The third-order valence-electron chi connectivity index (χ3n) is 3.92. The van der Waals surface area contributed by atoms with Crippen LogP contribution in [0.4, 0.5) is 0 Å². The minimum Gasteiger partial charge on any atom is -0.496 e. The largest absolute Gasteiger partial charge is 0.496 e. The summed E-state index contributed by atoms with van der Waals surface area (Å²) in [6.45, 7) is 0. The van der Waals surface area contributed by atoms with Crippen LogP contribution in [-0.4, -0.2) is 20.1 Å². The fourth-order valence-electron chi connectivity index (χ4n) is 2.62. The highest BCUT2D eigenvalue weighted by Crippen LogP contribution is 2.28. The lowest BCUT2D eigenvalue weighted by molar-refractivity contribution is 0.1000. The number of rotatable bonds is 3. The van der Waals surface area contributed by atoms with Gasteiger partial charge in [0, 0.05) is 5.56 Å². The number of primary amides is 1. The molecule has 7 heteroatoms. The van der Waals surface area contributed by atoms with Gasteiger partial charge in [-0.2, -0.15) is 5.26 Å². The van der Waals surface area contributed by atoms with E-state index in [9.17, 15) is 4.79 Å². The molecule has 4 aromatic rings. The molecule has 0 aliphatic rings. The second-order valence-electron chi connectivity index (χ2n) is 5.50. The van der Waals surface area contributed by atoms with Gasteiger partial charge in [0.1, 0.15) is 22.7 Å². The molecule has 2 aromatic heterocycles. The Morgan fingerprint density at radius 1 is 0.963 bits per heavy atom. The van der Waals surface area contributed by atoms with Crippen LogP contribution in [0.1, 0.15) is 15.9 Å². The van der Waals surface area contributed by atoms with E-state index >= 15 is 0 Å². The zero-order chi connectivity index (χ0) is 19.4. The molecule has 27 heavy (non-hydrogen) atoms. The molecule has 2 aromatic carbocycles. The van der Waals surface area contributed by atoms with Crippen LogP contribution in [0, 0.1) is 11.3 Å². The normalized spacial score (nSPS) is 10.1. The molecule has 0 aliphatic heterocycles. The average Bonchev–Trinajstić information content (AvgIpc) is 3.35. The molecule has 0 radical (unpaired) electrons. The number of carbonyl (C=O) groups is 1. The lowest BCUT2D eigenvalue weighted by atomic mass is 10.1. The molecule has 2 N–H and O–H groups in total. The van der Waals surface area contributed by atoms with Crippen molar-refractivity contribution in [2.45, 2.75) is 0 Å².